The Morgan fingerprint density at radius 3 is 1.96 bits per heavy atom. The topological polar surface area (TPSA) is 53.1 Å². The standard InChI is InChI=1S/C18H13F2NO2/c19-14-5-1-11(2-6-14)16-9-13(10-17(22)23)18(21-16)12-3-7-15(20)8-4-12/h1-9,21H,10H2,(H,22,23). The Hall–Kier alpha value is -2.95. The van der Waals surface area contributed by atoms with E-state index in [0.29, 0.717) is 22.5 Å². The van der Waals surface area contributed by atoms with E-state index in [0.717, 1.165) is 5.56 Å². The molecule has 116 valence electrons. The number of carbonyl (C=O) groups is 1. The zero-order chi connectivity index (χ0) is 16.4. The summed E-state index contributed by atoms with van der Waals surface area (Å²) in [6, 6.07) is 13.4. The molecular formula is C18H13F2NO2. The first-order valence-corrected chi connectivity index (χ1v) is 6.98. The maximum absolute atomic E-state index is 13.1. The van der Waals surface area contributed by atoms with E-state index in [1.807, 2.05) is 0 Å². The molecule has 0 unspecified atom stereocenters. The van der Waals surface area contributed by atoms with Gasteiger partial charge in [-0.1, -0.05) is 0 Å². The Labute approximate surface area is 131 Å². The number of benzene rings is 2. The van der Waals surface area contributed by atoms with Crippen LogP contribution in [0.25, 0.3) is 22.5 Å². The highest BCUT2D eigenvalue weighted by Gasteiger charge is 2.14. The fraction of sp³-hybridized carbons (Fsp3) is 0.0556. The summed E-state index contributed by atoms with van der Waals surface area (Å²) in [6.45, 7) is 0. The lowest BCUT2D eigenvalue weighted by molar-refractivity contribution is -0.136. The molecule has 0 atom stereocenters. The molecule has 3 aromatic rings. The third-order valence-electron chi connectivity index (χ3n) is 3.53. The molecule has 0 radical (unpaired) electrons. The molecule has 0 saturated heterocycles. The van der Waals surface area contributed by atoms with Crippen LogP contribution in [0.3, 0.4) is 0 Å². The summed E-state index contributed by atoms with van der Waals surface area (Å²) >= 11 is 0. The normalized spacial score (nSPS) is 10.7. The Morgan fingerprint density at radius 2 is 1.43 bits per heavy atom. The quantitative estimate of drug-likeness (QED) is 0.756. The van der Waals surface area contributed by atoms with Crippen LogP contribution >= 0.6 is 0 Å². The first kappa shape index (κ1) is 15.0. The van der Waals surface area contributed by atoms with Gasteiger partial charge >= 0.3 is 5.97 Å². The third-order valence-corrected chi connectivity index (χ3v) is 3.53. The second kappa shape index (κ2) is 6.04. The molecule has 0 spiro atoms. The minimum absolute atomic E-state index is 0.162. The first-order chi connectivity index (χ1) is 11.0. The minimum atomic E-state index is -0.960. The Kier molecular flexibility index (Phi) is 3.93. The molecule has 3 rings (SSSR count). The van der Waals surface area contributed by atoms with Gasteiger partial charge in [0.25, 0.3) is 0 Å². The summed E-state index contributed by atoms with van der Waals surface area (Å²) in [5.41, 5.74) is 3.32. The highest BCUT2D eigenvalue weighted by Crippen LogP contribution is 2.29. The van der Waals surface area contributed by atoms with Crippen LogP contribution in [-0.2, 0) is 11.2 Å². The zero-order valence-electron chi connectivity index (χ0n) is 12.0. The summed E-state index contributed by atoms with van der Waals surface area (Å²) < 4.78 is 26.1. The van der Waals surface area contributed by atoms with Crippen molar-refractivity contribution < 1.29 is 18.7 Å². The maximum atomic E-state index is 13.1. The van der Waals surface area contributed by atoms with Crippen LogP contribution in [0.5, 0.6) is 0 Å². The average Bonchev–Trinajstić information content (AvgIpc) is 2.92. The van der Waals surface area contributed by atoms with Gasteiger partial charge in [-0.05, 0) is 71.3 Å². The van der Waals surface area contributed by atoms with Crippen LogP contribution in [0.4, 0.5) is 8.78 Å². The molecule has 2 N–H and O–H groups in total. The summed E-state index contributed by atoms with van der Waals surface area (Å²) in [6.07, 6.45) is -0.162. The van der Waals surface area contributed by atoms with Crippen LogP contribution < -0.4 is 0 Å². The lowest BCUT2D eigenvalue weighted by Crippen LogP contribution is -2.00. The molecular weight excluding hydrogens is 300 g/mol. The molecule has 1 heterocycles. The number of nitrogens with one attached hydrogen (secondary N) is 1. The summed E-state index contributed by atoms with van der Waals surface area (Å²) in [5.74, 6) is -1.67. The van der Waals surface area contributed by atoms with Gasteiger partial charge in [-0.3, -0.25) is 4.79 Å². The van der Waals surface area contributed by atoms with E-state index < -0.39 is 5.97 Å². The second-order valence-electron chi connectivity index (χ2n) is 5.17. The predicted molar refractivity (Wildman–Crippen MR) is 82.9 cm³/mol. The lowest BCUT2D eigenvalue weighted by atomic mass is 10.1. The summed E-state index contributed by atoms with van der Waals surface area (Å²) in [7, 11) is 0. The molecule has 2 aromatic carbocycles. The smallest absolute Gasteiger partial charge is 0.307 e. The Morgan fingerprint density at radius 1 is 0.913 bits per heavy atom. The van der Waals surface area contributed by atoms with Gasteiger partial charge in [0.05, 0.1) is 6.42 Å². The molecule has 3 nitrogen and oxygen atoms in total. The fourth-order valence-electron chi connectivity index (χ4n) is 2.46. The molecule has 0 aliphatic heterocycles. The summed E-state index contributed by atoms with van der Waals surface area (Å²) in [4.78, 5) is 14.2. The van der Waals surface area contributed by atoms with Gasteiger partial charge in [0, 0.05) is 11.4 Å². The van der Waals surface area contributed by atoms with Crippen molar-refractivity contribution in [3.05, 3.63) is 71.8 Å². The van der Waals surface area contributed by atoms with Crippen molar-refractivity contribution in [2.75, 3.05) is 0 Å². The van der Waals surface area contributed by atoms with Gasteiger partial charge in [0.15, 0.2) is 0 Å². The van der Waals surface area contributed by atoms with E-state index in [4.69, 9.17) is 5.11 Å². The highest BCUT2D eigenvalue weighted by molar-refractivity contribution is 5.78. The van der Waals surface area contributed by atoms with Crippen molar-refractivity contribution in [2.24, 2.45) is 0 Å². The first-order valence-electron chi connectivity index (χ1n) is 6.98. The number of hydrogen-bond donors (Lipinski definition) is 2. The van der Waals surface area contributed by atoms with Crippen molar-refractivity contribution in [3.8, 4) is 22.5 Å². The number of aromatic amines is 1. The fourth-order valence-corrected chi connectivity index (χ4v) is 2.46. The number of carboxylic acid groups (broad SMARTS) is 1. The van der Waals surface area contributed by atoms with Gasteiger partial charge in [-0.25, -0.2) is 8.78 Å². The summed E-state index contributed by atoms with van der Waals surface area (Å²) in [5, 5.41) is 9.08. The van der Waals surface area contributed by atoms with Crippen molar-refractivity contribution in [1.82, 2.24) is 4.98 Å². The van der Waals surface area contributed by atoms with E-state index in [2.05, 4.69) is 4.98 Å². The van der Waals surface area contributed by atoms with Crippen LogP contribution in [-0.4, -0.2) is 16.1 Å². The van der Waals surface area contributed by atoms with Crippen molar-refractivity contribution in [1.29, 1.82) is 0 Å². The van der Waals surface area contributed by atoms with Crippen LogP contribution in [0, 0.1) is 11.6 Å². The number of carboxylic acids is 1. The van der Waals surface area contributed by atoms with Crippen LogP contribution in [0.1, 0.15) is 5.56 Å². The SMILES string of the molecule is O=C(O)Cc1cc(-c2ccc(F)cc2)[nH]c1-c1ccc(F)cc1. The highest BCUT2D eigenvalue weighted by atomic mass is 19.1. The van der Waals surface area contributed by atoms with E-state index >= 15 is 0 Å². The number of H-pyrrole nitrogens is 1. The van der Waals surface area contributed by atoms with E-state index in [9.17, 15) is 13.6 Å². The second-order valence-corrected chi connectivity index (χ2v) is 5.17. The van der Waals surface area contributed by atoms with Crippen molar-refractivity contribution >= 4 is 5.97 Å². The Bertz CT molecular complexity index is 836. The largest absolute Gasteiger partial charge is 0.481 e. The van der Waals surface area contributed by atoms with E-state index in [1.54, 1.807) is 30.3 Å². The van der Waals surface area contributed by atoms with Crippen molar-refractivity contribution in [3.63, 3.8) is 0 Å². The van der Waals surface area contributed by atoms with Gasteiger partial charge in [0.2, 0.25) is 0 Å². The monoisotopic (exact) mass is 313 g/mol. The van der Waals surface area contributed by atoms with E-state index in [-0.39, 0.29) is 18.1 Å². The molecule has 0 amide bonds. The third kappa shape index (κ3) is 3.29. The van der Waals surface area contributed by atoms with Gasteiger partial charge < -0.3 is 10.1 Å². The zero-order valence-corrected chi connectivity index (χ0v) is 12.0. The number of aromatic nitrogens is 1. The van der Waals surface area contributed by atoms with Gasteiger partial charge in [-0.2, -0.15) is 0 Å². The molecule has 5 heteroatoms. The maximum Gasteiger partial charge on any atom is 0.307 e. The molecule has 0 bridgehead atoms. The molecule has 1 aromatic heterocycles. The van der Waals surface area contributed by atoms with E-state index in [1.165, 1.54) is 24.3 Å². The van der Waals surface area contributed by atoms with Gasteiger partial charge in [0.1, 0.15) is 11.6 Å². The minimum Gasteiger partial charge on any atom is -0.481 e. The molecule has 0 aliphatic carbocycles. The number of hydrogen-bond acceptors (Lipinski definition) is 1. The van der Waals surface area contributed by atoms with Crippen LogP contribution in [0.15, 0.2) is 54.6 Å². The predicted octanol–water partition coefficient (Wildman–Crippen LogP) is 4.25. The number of halogens is 2. The molecule has 0 saturated carbocycles. The average molecular weight is 313 g/mol. The molecule has 23 heavy (non-hydrogen) atoms. The van der Waals surface area contributed by atoms with Crippen molar-refractivity contribution in [2.45, 2.75) is 6.42 Å². The number of aliphatic carboxylic acids is 1. The lowest BCUT2D eigenvalue weighted by Gasteiger charge is -2.02. The van der Waals surface area contributed by atoms with Gasteiger partial charge in [-0.15, -0.1) is 0 Å². The molecule has 0 fully saturated rings. The number of rotatable bonds is 4. The Balaban J connectivity index is 2.08. The van der Waals surface area contributed by atoms with Crippen LogP contribution in [0.2, 0.25) is 0 Å². The molecule has 0 aliphatic rings.